The van der Waals surface area contributed by atoms with E-state index in [1.165, 1.54) is 5.56 Å². The summed E-state index contributed by atoms with van der Waals surface area (Å²) < 4.78 is 0. The second-order valence-electron chi connectivity index (χ2n) is 3.68. The molecule has 3 nitrogen and oxygen atoms in total. The Morgan fingerprint density at radius 3 is 1.87 bits per heavy atom. The minimum Gasteiger partial charge on any atom is -0.364 e. The Morgan fingerprint density at radius 1 is 1.27 bits per heavy atom. The van der Waals surface area contributed by atoms with Gasteiger partial charge in [-0.2, -0.15) is 0 Å². The van der Waals surface area contributed by atoms with Crippen molar-refractivity contribution in [1.29, 1.82) is 0 Å². The molecule has 1 aromatic carbocycles. The van der Waals surface area contributed by atoms with E-state index < -0.39 is 11.8 Å². The number of aliphatic hydroxyl groups is 2. The van der Waals surface area contributed by atoms with E-state index in [1.807, 2.05) is 18.2 Å². The number of hydrogen-bond donors (Lipinski definition) is 3. The molecule has 0 bridgehead atoms. The topological polar surface area (TPSA) is 66.5 Å². The third-order valence-electron chi connectivity index (χ3n) is 2.19. The Hall–Kier alpha value is -0.900. The van der Waals surface area contributed by atoms with E-state index in [0.717, 1.165) is 0 Å². The zero-order chi connectivity index (χ0) is 11.9. The predicted molar refractivity (Wildman–Crippen MR) is 62.3 cm³/mol. The van der Waals surface area contributed by atoms with Gasteiger partial charge in [-0.1, -0.05) is 42.8 Å². The minimum atomic E-state index is -1.68. The van der Waals surface area contributed by atoms with Gasteiger partial charge in [-0.15, -0.1) is 0 Å². The van der Waals surface area contributed by atoms with Crippen LogP contribution in [0.2, 0.25) is 0 Å². The van der Waals surface area contributed by atoms with E-state index in [9.17, 15) is 0 Å². The normalized spacial score (nSPS) is 12.7. The second-order valence-corrected chi connectivity index (χ2v) is 3.68. The van der Waals surface area contributed by atoms with Gasteiger partial charge in [-0.25, -0.2) is 0 Å². The molecular formula is C12H21NO2. The van der Waals surface area contributed by atoms with Crippen LogP contribution in [-0.2, 0) is 0 Å². The zero-order valence-electron chi connectivity index (χ0n) is 9.64. The first-order valence-electron chi connectivity index (χ1n) is 5.12. The summed E-state index contributed by atoms with van der Waals surface area (Å²) in [4.78, 5) is 0. The summed E-state index contributed by atoms with van der Waals surface area (Å²) in [5.74, 6) is -1.68. The first kappa shape index (κ1) is 14.1. The van der Waals surface area contributed by atoms with Gasteiger partial charge < -0.3 is 15.9 Å². The van der Waals surface area contributed by atoms with E-state index in [0.29, 0.717) is 0 Å². The molecule has 15 heavy (non-hydrogen) atoms. The maximum Gasteiger partial charge on any atom is 0.177 e. The largest absolute Gasteiger partial charge is 0.364 e. The standard InChI is InChI=1S/C7H8.C5H13NO2/c1-7-5-3-2-4-6-7;1-3-5(7,8)4(2)6/h2-6H,1H3;4,7-8H,3,6H2,1-2H3. The molecule has 0 aliphatic carbocycles. The van der Waals surface area contributed by atoms with Crippen LogP contribution in [0.15, 0.2) is 30.3 Å². The molecule has 0 fully saturated rings. The quantitative estimate of drug-likeness (QED) is 0.648. The van der Waals surface area contributed by atoms with Crippen LogP contribution in [0.4, 0.5) is 0 Å². The average molecular weight is 211 g/mol. The maximum absolute atomic E-state index is 8.83. The van der Waals surface area contributed by atoms with E-state index in [1.54, 1.807) is 13.8 Å². The van der Waals surface area contributed by atoms with Crippen molar-refractivity contribution in [2.75, 3.05) is 0 Å². The minimum absolute atomic E-state index is 0.269. The fourth-order valence-electron chi connectivity index (χ4n) is 0.856. The van der Waals surface area contributed by atoms with Gasteiger partial charge in [-0.3, -0.25) is 0 Å². The Balaban J connectivity index is 0.000000262. The van der Waals surface area contributed by atoms with Gasteiger partial charge in [0.15, 0.2) is 5.79 Å². The first-order valence-corrected chi connectivity index (χ1v) is 5.12. The SMILES string of the molecule is CCC(O)(O)C(C)N.Cc1ccccc1. The molecule has 0 radical (unpaired) electrons. The van der Waals surface area contributed by atoms with E-state index in [-0.39, 0.29) is 6.42 Å². The van der Waals surface area contributed by atoms with Gasteiger partial charge in [0.1, 0.15) is 0 Å². The molecule has 0 aliphatic rings. The second kappa shape index (κ2) is 6.56. The highest BCUT2D eigenvalue weighted by atomic mass is 16.5. The van der Waals surface area contributed by atoms with Crippen LogP contribution in [0.5, 0.6) is 0 Å². The third-order valence-corrected chi connectivity index (χ3v) is 2.19. The van der Waals surface area contributed by atoms with Gasteiger partial charge in [0, 0.05) is 0 Å². The van der Waals surface area contributed by atoms with E-state index >= 15 is 0 Å². The van der Waals surface area contributed by atoms with Crippen LogP contribution in [0, 0.1) is 6.92 Å². The highest BCUT2D eigenvalue weighted by Crippen LogP contribution is 2.07. The number of hydrogen-bond acceptors (Lipinski definition) is 3. The van der Waals surface area contributed by atoms with Crippen LogP contribution in [0.25, 0.3) is 0 Å². The van der Waals surface area contributed by atoms with Crippen molar-refractivity contribution >= 4 is 0 Å². The summed E-state index contributed by atoms with van der Waals surface area (Å²) in [5.41, 5.74) is 6.50. The van der Waals surface area contributed by atoms with Crippen LogP contribution in [0.3, 0.4) is 0 Å². The lowest BCUT2D eigenvalue weighted by atomic mass is 10.1. The molecule has 1 unspecified atom stereocenters. The molecule has 86 valence electrons. The third kappa shape index (κ3) is 6.23. The number of aryl methyl sites for hydroxylation is 1. The van der Waals surface area contributed by atoms with Gasteiger partial charge >= 0.3 is 0 Å². The molecule has 1 atom stereocenters. The lowest BCUT2D eigenvalue weighted by molar-refractivity contribution is -0.174. The van der Waals surface area contributed by atoms with Crippen molar-refractivity contribution in [3.05, 3.63) is 35.9 Å². The van der Waals surface area contributed by atoms with Crippen molar-refractivity contribution in [3.63, 3.8) is 0 Å². The lowest BCUT2D eigenvalue weighted by Crippen LogP contribution is -2.45. The maximum atomic E-state index is 8.83. The summed E-state index contributed by atoms with van der Waals surface area (Å²) >= 11 is 0. The van der Waals surface area contributed by atoms with Crippen LogP contribution in [-0.4, -0.2) is 22.0 Å². The highest BCUT2D eigenvalue weighted by Gasteiger charge is 2.24. The monoisotopic (exact) mass is 211 g/mol. The summed E-state index contributed by atoms with van der Waals surface area (Å²) in [6.07, 6.45) is 0.269. The molecule has 3 heteroatoms. The fourth-order valence-corrected chi connectivity index (χ4v) is 0.856. The molecule has 0 amide bonds. The lowest BCUT2D eigenvalue weighted by Gasteiger charge is -2.23. The molecule has 0 aromatic heterocycles. The Bertz CT molecular complexity index is 258. The predicted octanol–water partition coefficient (Wildman–Crippen LogP) is 1.42. The number of nitrogens with two attached hydrogens (primary N) is 1. The molecule has 0 aliphatic heterocycles. The van der Waals surface area contributed by atoms with Gasteiger partial charge in [0.05, 0.1) is 6.04 Å². The number of rotatable bonds is 2. The molecule has 1 aromatic rings. The molecule has 1 rings (SSSR count). The van der Waals surface area contributed by atoms with Crippen molar-refractivity contribution in [2.45, 2.75) is 39.0 Å². The van der Waals surface area contributed by atoms with Gasteiger partial charge in [0.25, 0.3) is 0 Å². The Kier molecular flexibility index (Phi) is 6.17. The highest BCUT2D eigenvalue weighted by molar-refractivity contribution is 5.11. The van der Waals surface area contributed by atoms with Crippen molar-refractivity contribution in [1.82, 2.24) is 0 Å². The van der Waals surface area contributed by atoms with E-state index in [4.69, 9.17) is 15.9 Å². The summed E-state index contributed by atoms with van der Waals surface area (Å²) in [6, 6.07) is 9.69. The molecule has 0 spiro atoms. The summed E-state index contributed by atoms with van der Waals surface area (Å²) in [5, 5.41) is 17.7. The average Bonchev–Trinajstić information content (AvgIpc) is 2.19. The Morgan fingerprint density at radius 2 is 1.73 bits per heavy atom. The van der Waals surface area contributed by atoms with Crippen molar-refractivity contribution < 1.29 is 10.2 Å². The van der Waals surface area contributed by atoms with Gasteiger partial charge in [0.2, 0.25) is 0 Å². The molecule has 0 heterocycles. The summed E-state index contributed by atoms with van der Waals surface area (Å²) in [6.45, 7) is 5.31. The van der Waals surface area contributed by atoms with Crippen molar-refractivity contribution in [2.24, 2.45) is 5.73 Å². The summed E-state index contributed by atoms with van der Waals surface area (Å²) in [7, 11) is 0. The van der Waals surface area contributed by atoms with Crippen LogP contribution in [0.1, 0.15) is 25.8 Å². The molecule has 0 saturated heterocycles. The number of benzene rings is 1. The van der Waals surface area contributed by atoms with Crippen LogP contribution >= 0.6 is 0 Å². The fraction of sp³-hybridized carbons (Fsp3) is 0.500. The Labute approximate surface area is 91.6 Å². The molecular weight excluding hydrogens is 190 g/mol. The first-order chi connectivity index (χ1) is 6.90. The van der Waals surface area contributed by atoms with Crippen molar-refractivity contribution in [3.8, 4) is 0 Å². The molecule has 0 saturated carbocycles. The van der Waals surface area contributed by atoms with Gasteiger partial charge in [-0.05, 0) is 20.3 Å². The molecule has 4 N–H and O–H groups in total. The van der Waals surface area contributed by atoms with E-state index in [2.05, 4.69) is 19.1 Å². The smallest absolute Gasteiger partial charge is 0.177 e. The van der Waals surface area contributed by atoms with Crippen LogP contribution < -0.4 is 5.73 Å². The zero-order valence-corrected chi connectivity index (χ0v) is 9.64.